The quantitative estimate of drug-likeness (QED) is 0.913. The van der Waals surface area contributed by atoms with Crippen LogP contribution in [0.4, 0.5) is 0 Å². The number of carbonyl (C=O) groups is 2. The normalized spacial score (nSPS) is 29.8. The molecule has 0 aromatic heterocycles. The van der Waals surface area contributed by atoms with Gasteiger partial charge in [-0.05, 0) is 24.8 Å². The summed E-state index contributed by atoms with van der Waals surface area (Å²) in [5.41, 5.74) is 1.12. The topological polar surface area (TPSA) is 52.7 Å². The smallest absolute Gasteiger partial charge is 0.228 e. The Bertz CT molecular complexity index is 618. The van der Waals surface area contributed by atoms with Gasteiger partial charge >= 0.3 is 0 Å². The van der Waals surface area contributed by atoms with Crippen LogP contribution < -0.4 is 5.32 Å². The average Bonchev–Trinajstić information content (AvgIpc) is 3.10. The molecule has 2 bridgehead atoms. The summed E-state index contributed by atoms with van der Waals surface area (Å²) in [6.07, 6.45) is 3.80. The van der Waals surface area contributed by atoms with Crippen molar-refractivity contribution in [2.75, 3.05) is 19.6 Å². The molecule has 5 heteroatoms. The predicted octanol–water partition coefficient (Wildman–Crippen LogP) is 1.39. The van der Waals surface area contributed by atoms with E-state index >= 15 is 0 Å². The fourth-order valence-corrected chi connectivity index (χ4v) is 4.30. The van der Waals surface area contributed by atoms with Crippen molar-refractivity contribution in [3.05, 3.63) is 35.9 Å². The molecule has 1 aromatic carbocycles. The molecule has 3 atom stereocenters. The molecule has 3 heterocycles. The van der Waals surface area contributed by atoms with E-state index in [-0.39, 0.29) is 17.7 Å². The molecule has 4 rings (SSSR count). The summed E-state index contributed by atoms with van der Waals surface area (Å²) < 4.78 is 0. The molecule has 2 amide bonds. The van der Waals surface area contributed by atoms with E-state index in [2.05, 4.69) is 5.32 Å². The second-order valence-electron chi connectivity index (χ2n) is 7.37. The third kappa shape index (κ3) is 3.18. The Morgan fingerprint density at radius 2 is 1.88 bits per heavy atom. The van der Waals surface area contributed by atoms with Crippen LogP contribution in [0.5, 0.6) is 0 Å². The van der Waals surface area contributed by atoms with Crippen LogP contribution in [0, 0.1) is 5.92 Å². The number of carbonyl (C=O) groups excluding carboxylic acids is 2. The first-order valence-corrected chi connectivity index (χ1v) is 9.05. The van der Waals surface area contributed by atoms with E-state index < -0.39 is 0 Å². The van der Waals surface area contributed by atoms with Crippen LogP contribution in [-0.4, -0.2) is 53.3 Å². The Hall–Kier alpha value is -1.88. The van der Waals surface area contributed by atoms with Gasteiger partial charge in [0.05, 0.1) is 5.92 Å². The van der Waals surface area contributed by atoms with Gasteiger partial charge in [-0.1, -0.05) is 30.3 Å². The monoisotopic (exact) mass is 327 g/mol. The molecule has 128 valence electrons. The van der Waals surface area contributed by atoms with E-state index in [0.717, 1.165) is 31.5 Å². The second-order valence-corrected chi connectivity index (χ2v) is 7.37. The van der Waals surface area contributed by atoms with Crippen molar-refractivity contribution in [1.82, 2.24) is 15.1 Å². The first-order valence-electron chi connectivity index (χ1n) is 9.05. The Kier molecular flexibility index (Phi) is 4.27. The minimum absolute atomic E-state index is 0.103. The number of fused-ring (bicyclic) bond motifs is 2. The van der Waals surface area contributed by atoms with Gasteiger partial charge in [0.25, 0.3) is 0 Å². The molecule has 0 radical (unpaired) electrons. The summed E-state index contributed by atoms with van der Waals surface area (Å²) in [6.45, 7) is 2.80. The Labute approximate surface area is 143 Å². The summed E-state index contributed by atoms with van der Waals surface area (Å²) in [4.78, 5) is 29.0. The molecular weight excluding hydrogens is 302 g/mol. The van der Waals surface area contributed by atoms with Crippen LogP contribution in [0.2, 0.25) is 0 Å². The molecule has 3 aliphatic rings. The SMILES string of the molecule is O=C1CC(C(=O)N2CCC3CCC(C2)N3)CN1Cc1ccccc1. The van der Waals surface area contributed by atoms with Crippen molar-refractivity contribution in [3.8, 4) is 0 Å². The van der Waals surface area contributed by atoms with Gasteiger partial charge in [-0.15, -0.1) is 0 Å². The molecule has 3 unspecified atom stereocenters. The molecule has 1 N–H and O–H groups in total. The van der Waals surface area contributed by atoms with Crippen LogP contribution in [0.3, 0.4) is 0 Å². The number of likely N-dealkylation sites (tertiary alicyclic amines) is 2. The van der Waals surface area contributed by atoms with E-state index in [1.54, 1.807) is 0 Å². The summed E-state index contributed by atoms with van der Waals surface area (Å²) in [5, 5.41) is 3.61. The van der Waals surface area contributed by atoms with Crippen molar-refractivity contribution in [1.29, 1.82) is 0 Å². The average molecular weight is 327 g/mol. The fraction of sp³-hybridized carbons (Fsp3) is 0.579. The Morgan fingerprint density at radius 3 is 2.71 bits per heavy atom. The second kappa shape index (κ2) is 6.55. The van der Waals surface area contributed by atoms with Gasteiger partial charge in [0, 0.05) is 44.7 Å². The van der Waals surface area contributed by atoms with Crippen LogP contribution in [0.1, 0.15) is 31.2 Å². The molecule has 1 aromatic rings. The van der Waals surface area contributed by atoms with Crippen molar-refractivity contribution in [2.45, 2.75) is 44.3 Å². The maximum atomic E-state index is 12.9. The largest absolute Gasteiger partial charge is 0.341 e. The molecule has 0 spiro atoms. The highest BCUT2D eigenvalue weighted by Crippen LogP contribution is 2.25. The van der Waals surface area contributed by atoms with Crippen LogP contribution in [-0.2, 0) is 16.1 Å². The first-order chi connectivity index (χ1) is 11.7. The maximum Gasteiger partial charge on any atom is 0.228 e. The molecule has 0 saturated carbocycles. The van der Waals surface area contributed by atoms with Crippen LogP contribution in [0.15, 0.2) is 30.3 Å². The number of benzene rings is 1. The van der Waals surface area contributed by atoms with Crippen molar-refractivity contribution >= 4 is 11.8 Å². The zero-order valence-electron chi connectivity index (χ0n) is 14.0. The summed E-state index contributed by atoms with van der Waals surface area (Å²) in [5.74, 6) is 0.109. The van der Waals surface area contributed by atoms with Gasteiger partial charge in [-0.3, -0.25) is 9.59 Å². The molecular formula is C19H25N3O2. The van der Waals surface area contributed by atoms with Gasteiger partial charge in [0.1, 0.15) is 0 Å². The lowest BCUT2D eigenvalue weighted by Crippen LogP contribution is -2.42. The number of nitrogens with one attached hydrogen (secondary N) is 1. The fourth-order valence-electron chi connectivity index (χ4n) is 4.30. The third-order valence-corrected chi connectivity index (χ3v) is 5.61. The van der Waals surface area contributed by atoms with Gasteiger partial charge in [-0.2, -0.15) is 0 Å². The number of hydrogen-bond acceptors (Lipinski definition) is 3. The first kappa shape index (κ1) is 15.6. The summed E-state index contributed by atoms with van der Waals surface area (Å²) >= 11 is 0. The van der Waals surface area contributed by atoms with Gasteiger partial charge in [-0.25, -0.2) is 0 Å². The van der Waals surface area contributed by atoms with Crippen LogP contribution in [0.25, 0.3) is 0 Å². The minimum Gasteiger partial charge on any atom is -0.341 e. The van der Waals surface area contributed by atoms with Crippen molar-refractivity contribution in [2.24, 2.45) is 5.92 Å². The van der Waals surface area contributed by atoms with E-state index in [9.17, 15) is 9.59 Å². The van der Waals surface area contributed by atoms with Crippen molar-refractivity contribution in [3.63, 3.8) is 0 Å². The minimum atomic E-state index is -0.169. The van der Waals surface area contributed by atoms with E-state index in [1.165, 1.54) is 6.42 Å². The molecule has 5 nitrogen and oxygen atoms in total. The zero-order chi connectivity index (χ0) is 16.5. The number of rotatable bonds is 3. The zero-order valence-corrected chi connectivity index (χ0v) is 14.0. The molecule has 3 aliphatic heterocycles. The lowest BCUT2D eigenvalue weighted by atomic mass is 10.0. The van der Waals surface area contributed by atoms with E-state index in [4.69, 9.17) is 0 Å². The summed E-state index contributed by atoms with van der Waals surface area (Å²) in [6, 6.07) is 11.0. The predicted molar refractivity (Wildman–Crippen MR) is 91.1 cm³/mol. The lowest BCUT2D eigenvalue weighted by Gasteiger charge is -2.27. The van der Waals surface area contributed by atoms with E-state index in [1.807, 2.05) is 40.1 Å². The Balaban J connectivity index is 1.38. The van der Waals surface area contributed by atoms with Crippen LogP contribution >= 0.6 is 0 Å². The molecule has 24 heavy (non-hydrogen) atoms. The highest BCUT2D eigenvalue weighted by atomic mass is 16.2. The lowest BCUT2D eigenvalue weighted by molar-refractivity contribution is -0.136. The highest BCUT2D eigenvalue weighted by molar-refractivity contribution is 5.89. The summed E-state index contributed by atoms with van der Waals surface area (Å²) in [7, 11) is 0. The maximum absolute atomic E-state index is 12.9. The highest BCUT2D eigenvalue weighted by Gasteiger charge is 2.38. The Morgan fingerprint density at radius 1 is 1.08 bits per heavy atom. The molecule has 3 saturated heterocycles. The van der Waals surface area contributed by atoms with E-state index in [0.29, 0.717) is 31.6 Å². The number of hydrogen-bond donors (Lipinski definition) is 1. The molecule has 0 aliphatic carbocycles. The van der Waals surface area contributed by atoms with Crippen molar-refractivity contribution < 1.29 is 9.59 Å². The van der Waals surface area contributed by atoms with Gasteiger partial charge in [0.2, 0.25) is 11.8 Å². The molecule has 3 fully saturated rings. The van der Waals surface area contributed by atoms with Gasteiger partial charge in [0.15, 0.2) is 0 Å². The number of amides is 2. The standard InChI is InChI=1S/C19H25N3O2/c23-18-10-15(12-22(18)11-14-4-2-1-3-5-14)19(24)21-9-8-16-6-7-17(13-21)20-16/h1-5,15-17,20H,6-13H2. The number of nitrogens with zero attached hydrogens (tertiary/aromatic N) is 2. The third-order valence-electron chi connectivity index (χ3n) is 5.61. The van der Waals surface area contributed by atoms with Gasteiger partial charge < -0.3 is 15.1 Å².